The topological polar surface area (TPSA) is 75.1 Å². The van der Waals surface area contributed by atoms with Gasteiger partial charge in [-0.05, 0) is 24.4 Å². The van der Waals surface area contributed by atoms with Gasteiger partial charge in [-0.2, -0.15) is 13.2 Å². The molecule has 0 radical (unpaired) electrons. The van der Waals surface area contributed by atoms with Gasteiger partial charge in [0, 0.05) is 12.2 Å². The molecule has 2 rings (SSSR count). The highest BCUT2D eigenvalue weighted by molar-refractivity contribution is 6.28. The minimum atomic E-state index is -4.63. The molecule has 1 saturated carbocycles. The van der Waals surface area contributed by atoms with E-state index in [2.05, 4.69) is 15.3 Å². The zero-order chi connectivity index (χ0) is 14.9. The number of halogens is 4. The number of nitrogens with zero attached hydrogens (tertiary/aromatic N) is 2. The largest absolute Gasteiger partial charge is 0.481 e. The standard InChI is InChI=1S/C11H11ClF3N3O2/c12-10-16-4-6(11(13,14)15)8(18-10)17-7-3-1-2-5(7)9(19)20/h4-5,7H,1-3H2,(H,19,20)(H,16,17,18)/t5-,7+/m0/s1. The number of aromatic nitrogens is 2. The second-order valence-corrected chi connectivity index (χ2v) is 4.86. The molecule has 9 heteroatoms. The van der Waals surface area contributed by atoms with Gasteiger partial charge in [0.1, 0.15) is 11.4 Å². The Morgan fingerprint density at radius 1 is 1.45 bits per heavy atom. The minimum absolute atomic E-state index is 0.328. The van der Waals surface area contributed by atoms with E-state index in [0.717, 1.165) is 0 Å². The van der Waals surface area contributed by atoms with Gasteiger partial charge in [-0.1, -0.05) is 6.42 Å². The highest BCUT2D eigenvalue weighted by Crippen LogP contribution is 2.36. The van der Waals surface area contributed by atoms with Crippen LogP contribution < -0.4 is 5.32 Å². The number of carbonyl (C=O) groups is 1. The lowest BCUT2D eigenvalue weighted by atomic mass is 10.0. The van der Waals surface area contributed by atoms with Gasteiger partial charge in [0.15, 0.2) is 0 Å². The molecule has 1 aliphatic rings. The normalized spacial score (nSPS) is 22.8. The summed E-state index contributed by atoms with van der Waals surface area (Å²) < 4.78 is 38.5. The van der Waals surface area contributed by atoms with E-state index >= 15 is 0 Å². The second-order valence-electron chi connectivity index (χ2n) is 4.53. The molecular weight excluding hydrogens is 299 g/mol. The summed E-state index contributed by atoms with van der Waals surface area (Å²) >= 11 is 5.51. The van der Waals surface area contributed by atoms with Crippen molar-refractivity contribution in [3.05, 3.63) is 17.0 Å². The Morgan fingerprint density at radius 2 is 2.15 bits per heavy atom. The molecule has 1 fully saturated rings. The van der Waals surface area contributed by atoms with Crippen molar-refractivity contribution in [3.8, 4) is 0 Å². The minimum Gasteiger partial charge on any atom is -0.481 e. The predicted octanol–water partition coefficient (Wildman–Crippen LogP) is 2.81. The molecule has 2 N–H and O–H groups in total. The lowest BCUT2D eigenvalue weighted by Gasteiger charge is -2.20. The van der Waals surface area contributed by atoms with E-state index in [0.29, 0.717) is 25.5 Å². The Labute approximate surface area is 117 Å². The molecule has 5 nitrogen and oxygen atoms in total. The molecular formula is C11H11ClF3N3O2. The fourth-order valence-electron chi connectivity index (χ4n) is 2.28. The summed E-state index contributed by atoms with van der Waals surface area (Å²) in [4.78, 5) is 17.9. The molecule has 0 amide bonds. The first-order valence-electron chi connectivity index (χ1n) is 5.88. The van der Waals surface area contributed by atoms with Crippen LogP contribution in [0.5, 0.6) is 0 Å². The van der Waals surface area contributed by atoms with Crippen molar-refractivity contribution in [1.82, 2.24) is 9.97 Å². The van der Waals surface area contributed by atoms with Gasteiger partial charge in [-0.3, -0.25) is 4.79 Å². The molecule has 0 spiro atoms. The van der Waals surface area contributed by atoms with E-state index in [9.17, 15) is 18.0 Å². The van der Waals surface area contributed by atoms with Gasteiger partial charge in [0.2, 0.25) is 5.28 Å². The van der Waals surface area contributed by atoms with Crippen LogP contribution in [-0.2, 0) is 11.0 Å². The third-order valence-corrected chi connectivity index (χ3v) is 3.40. The van der Waals surface area contributed by atoms with Crippen LogP contribution in [0.4, 0.5) is 19.0 Å². The van der Waals surface area contributed by atoms with E-state index in [4.69, 9.17) is 16.7 Å². The van der Waals surface area contributed by atoms with Crippen molar-refractivity contribution < 1.29 is 23.1 Å². The Hall–Kier alpha value is -1.57. The smallest absolute Gasteiger partial charge is 0.421 e. The van der Waals surface area contributed by atoms with Crippen LogP contribution in [0.15, 0.2) is 6.20 Å². The zero-order valence-electron chi connectivity index (χ0n) is 10.1. The summed E-state index contributed by atoms with van der Waals surface area (Å²) in [6, 6.07) is -0.598. The van der Waals surface area contributed by atoms with Gasteiger partial charge in [0.25, 0.3) is 0 Å². The van der Waals surface area contributed by atoms with Crippen LogP contribution in [0.25, 0.3) is 0 Å². The first kappa shape index (κ1) is 14.8. The first-order chi connectivity index (χ1) is 9.29. The van der Waals surface area contributed by atoms with Gasteiger partial charge in [-0.25, -0.2) is 9.97 Å². The SMILES string of the molecule is O=C(O)[C@H]1CCC[C@H]1Nc1nc(Cl)ncc1C(F)(F)F. The van der Waals surface area contributed by atoms with E-state index in [1.807, 2.05) is 0 Å². The van der Waals surface area contributed by atoms with Gasteiger partial charge < -0.3 is 10.4 Å². The van der Waals surface area contributed by atoms with Crippen LogP contribution >= 0.6 is 11.6 Å². The summed E-state index contributed by atoms with van der Waals surface area (Å²) in [6.45, 7) is 0. The van der Waals surface area contributed by atoms with Crippen molar-refractivity contribution in [2.75, 3.05) is 5.32 Å². The van der Waals surface area contributed by atoms with Crippen molar-refractivity contribution in [2.24, 2.45) is 5.92 Å². The summed E-state index contributed by atoms with van der Waals surface area (Å²) in [5.41, 5.74) is -1.06. The molecule has 0 bridgehead atoms. The number of hydrogen-bond donors (Lipinski definition) is 2. The maximum absolute atomic E-state index is 12.8. The maximum Gasteiger partial charge on any atom is 0.421 e. The molecule has 1 aromatic heterocycles. The number of aliphatic carboxylic acids is 1. The van der Waals surface area contributed by atoms with Gasteiger partial charge in [0.05, 0.1) is 5.92 Å². The average Bonchev–Trinajstić information content (AvgIpc) is 2.75. The number of nitrogens with one attached hydrogen (secondary N) is 1. The molecule has 2 atom stereocenters. The number of carboxylic acid groups (broad SMARTS) is 1. The molecule has 0 saturated heterocycles. The van der Waals surface area contributed by atoms with E-state index in [-0.39, 0.29) is 5.28 Å². The van der Waals surface area contributed by atoms with Crippen molar-refractivity contribution >= 4 is 23.4 Å². The molecule has 110 valence electrons. The zero-order valence-corrected chi connectivity index (χ0v) is 10.9. The average molecular weight is 310 g/mol. The van der Waals surface area contributed by atoms with E-state index in [1.165, 1.54) is 0 Å². The molecule has 20 heavy (non-hydrogen) atoms. The predicted molar refractivity (Wildman–Crippen MR) is 64.4 cm³/mol. The molecule has 1 heterocycles. The van der Waals surface area contributed by atoms with Crippen LogP contribution in [0.2, 0.25) is 5.28 Å². The molecule has 1 aliphatic carbocycles. The lowest BCUT2D eigenvalue weighted by molar-refractivity contribution is -0.141. The highest BCUT2D eigenvalue weighted by atomic mass is 35.5. The number of alkyl halides is 3. The van der Waals surface area contributed by atoms with Crippen molar-refractivity contribution in [2.45, 2.75) is 31.5 Å². The highest BCUT2D eigenvalue weighted by Gasteiger charge is 2.38. The van der Waals surface area contributed by atoms with Gasteiger partial charge in [-0.15, -0.1) is 0 Å². The Kier molecular flexibility index (Phi) is 4.03. The van der Waals surface area contributed by atoms with E-state index < -0.39 is 35.5 Å². The Balaban J connectivity index is 2.28. The van der Waals surface area contributed by atoms with E-state index in [1.54, 1.807) is 0 Å². The molecule has 0 aliphatic heterocycles. The number of rotatable bonds is 3. The lowest BCUT2D eigenvalue weighted by Crippen LogP contribution is -2.31. The number of hydrogen-bond acceptors (Lipinski definition) is 4. The molecule has 1 aromatic rings. The van der Waals surface area contributed by atoms with Crippen LogP contribution in [-0.4, -0.2) is 27.1 Å². The summed E-state index contributed by atoms with van der Waals surface area (Å²) in [7, 11) is 0. The van der Waals surface area contributed by atoms with Crippen molar-refractivity contribution in [3.63, 3.8) is 0 Å². The van der Waals surface area contributed by atoms with Crippen LogP contribution in [0.3, 0.4) is 0 Å². The van der Waals surface area contributed by atoms with Crippen LogP contribution in [0, 0.1) is 5.92 Å². The fraction of sp³-hybridized carbons (Fsp3) is 0.545. The Morgan fingerprint density at radius 3 is 2.75 bits per heavy atom. The third-order valence-electron chi connectivity index (χ3n) is 3.22. The second kappa shape index (κ2) is 5.43. The monoisotopic (exact) mass is 309 g/mol. The Bertz CT molecular complexity index is 524. The number of anilines is 1. The van der Waals surface area contributed by atoms with Crippen LogP contribution in [0.1, 0.15) is 24.8 Å². The fourth-order valence-corrected chi connectivity index (χ4v) is 2.42. The van der Waals surface area contributed by atoms with Crippen molar-refractivity contribution in [1.29, 1.82) is 0 Å². The summed E-state index contributed by atoms with van der Waals surface area (Å²) in [5, 5.41) is 11.2. The number of carboxylic acids is 1. The molecule has 0 aromatic carbocycles. The molecule has 0 unspecified atom stereocenters. The third kappa shape index (κ3) is 3.12. The maximum atomic E-state index is 12.8. The summed E-state index contributed by atoms with van der Waals surface area (Å²) in [5.74, 6) is -2.24. The first-order valence-corrected chi connectivity index (χ1v) is 6.26. The summed E-state index contributed by atoms with van der Waals surface area (Å²) in [6.07, 6.45) is -2.52. The quantitative estimate of drug-likeness (QED) is 0.840. The van der Waals surface area contributed by atoms with Gasteiger partial charge >= 0.3 is 12.1 Å².